The van der Waals surface area contributed by atoms with Crippen LogP contribution in [0.5, 0.6) is 0 Å². The first-order valence-corrected chi connectivity index (χ1v) is 28.6. The summed E-state index contributed by atoms with van der Waals surface area (Å²) in [6.07, 6.45) is -4.13. The lowest BCUT2D eigenvalue weighted by Gasteiger charge is -2.12. The lowest BCUT2D eigenvalue weighted by molar-refractivity contribution is -0.156. The Bertz CT molecular complexity index is 4160. The van der Waals surface area contributed by atoms with Crippen LogP contribution in [0.3, 0.4) is 0 Å². The smallest absolute Gasteiger partial charge is 0.423 e. The number of nitrogens with zero attached hydrogens (tertiary/aromatic N) is 6. The van der Waals surface area contributed by atoms with E-state index in [1.54, 1.807) is 112 Å². The van der Waals surface area contributed by atoms with Crippen molar-refractivity contribution in [3.63, 3.8) is 0 Å². The van der Waals surface area contributed by atoms with E-state index in [0.717, 1.165) is 29.1 Å². The summed E-state index contributed by atoms with van der Waals surface area (Å²) in [7, 11) is -8.33. The highest BCUT2D eigenvalue weighted by molar-refractivity contribution is 9.10. The molecule has 4 heterocycles. The first-order chi connectivity index (χ1) is 37.6. The molecule has 28 heteroatoms. The van der Waals surface area contributed by atoms with Crippen molar-refractivity contribution >= 4 is 94.6 Å². The summed E-state index contributed by atoms with van der Waals surface area (Å²) in [4.78, 5) is 9.22. The Balaban J connectivity index is 0.000000194. The van der Waals surface area contributed by atoms with Gasteiger partial charge in [0, 0.05) is 52.6 Å². The number of alkyl halides is 6. The molecule has 0 bridgehead atoms. The number of halogens is 11. The molecule has 0 aliphatic rings. The van der Waals surface area contributed by atoms with Crippen LogP contribution in [-0.4, -0.2) is 75.9 Å². The molecule has 0 aliphatic heterocycles. The predicted octanol–water partition coefficient (Wildman–Crippen LogP) is 14.3. The minimum absolute atomic E-state index is 0. The van der Waals surface area contributed by atoms with Gasteiger partial charge in [-0.2, -0.15) is 26.3 Å². The van der Waals surface area contributed by atoms with E-state index in [-0.39, 0.29) is 50.5 Å². The third kappa shape index (κ3) is 14.7. The van der Waals surface area contributed by atoms with Gasteiger partial charge in [0.25, 0.3) is 0 Å². The molecule has 0 spiro atoms. The van der Waals surface area contributed by atoms with Gasteiger partial charge in [0.15, 0.2) is 19.7 Å². The zero-order chi connectivity index (χ0) is 58.1. The Kier molecular flexibility index (Phi) is 18.9. The molecule has 420 valence electrons. The van der Waals surface area contributed by atoms with Gasteiger partial charge in [-0.25, -0.2) is 26.8 Å². The molecule has 0 aliphatic carbocycles. The fraction of sp³-hybridized carbons (Fsp3) is 0.0943. The van der Waals surface area contributed by atoms with Crippen LogP contribution < -0.4 is 5.46 Å². The van der Waals surface area contributed by atoms with Gasteiger partial charge >= 0.3 is 19.5 Å². The van der Waals surface area contributed by atoms with Gasteiger partial charge in [0.2, 0.25) is 11.5 Å². The lowest BCUT2D eigenvalue weighted by Crippen LogP contribution is -2.30. The van der Waals surface area contributed by atoms with Crippen LogP contribution >= 0.6 is 62.3 Å². The average Bonchev–Trinajstić information content (AvgIpc) is 4.35. The highest BCUT2D eigenvalue weighted by Gasteiger charge is 2.38. The maximum absolute atomic E-state index is 13.1. The number of hydrogen-bond donors (Lipinski definition) is 2. The van der Waals surface area contributed by atoms with Crippen LogP contribution in [0.25, 0.3) is 68.1 Å². The van der Waals surface area contributed by atoms with Gasteiger partial charge in [-0.15, -0.1) is 0 Å². The highest BCUT2D eigenvalue weighted by Crippen LogP contribution is 2.39. The van der Waals surface area contributed by atoms with Gasteiger partial charge in [-0.05, 0) is 95.5 Å². The first kappa shape index (κ1) is 61.9. The molecule has 0 saturated carbocycles. The molecule has 10 rings (SSSR count). The molecule has 0 radical (unpaired) electrons. The van der Waals surface area contributed by atoms with Crippen LogP contribution in [0, 0.1) is 0 Å². The van der Waals surface area contributed by atoms with E-state index < -0.39 is 50.7 Å². The van der Waals surface area contributed by atoms with E-state index in [4.69, 9.17) is 56.5 Å². The van der Waals surface area contributed by atoms with E-state index in [0.29, 0.717) is 60.3 Å². The Morgan fingerprint density at radius 3 is 1.37 bits per heavy atom. The highest BCUT2D eigenvalue weighted by atomic mass is 79.9. The summed E-state index contributed by atoms with van der Waals surface area (Å²) in [5, 5.41) is 26.1. The normalized spacial score (nSPS) is 11.7. The molecule has 0 fully saturated rings. The second-order valence-electron chi connectivity index (χ2n) is 17.0. The zero-order valence-electron chi connectivity index (χ0n) is 40.6. The second-order valence-corrected chi connectivity index (χ2v) is 23.6. The number of rotatable bonds is 10. The fourth-order valence-electron chi connectivity index (χ4n) is 7.47. The van der Waals surface area contributed by atoms with E-state index in [1.165, 1.54) is 42.7 Å². The molecular formula is C53H38BBrCl4F6N6O8S2. The standard InChI is InChI=1S/C26H16Cl2F3N3O3S.C19H9BrCl2F3N3O.C7H9BO4S.CH4/c1-38(35,36)17-6-4-5-15(11-17)16-9-10-23(20(28)12-16)34-14-22(21-13-24(37-33-21)26(29,30)31)32-25(34)18-7-2-3-8-19(18)27;20-10-5-6-16(13(22)7-10)28-9-15(14-8-17(29-27-14)19(23,24)25)26-18(28)11-3-1-2-4-12(11)21;1-13(11,12)7-4-2-3-6(5-7)8(9)10;/h2-14H,1H3;1-9H;2-5,9-10H,1H3;1H4. The number of benzene rings is 6. The Labute approximate surface area is 487 Å². The minimum Gasteiger partial charge on any atom is -0.423 e. The SMILES string of the molecule is C.CS(=O)(=O)c1cccc(-c2ccc(-n3cc(-c4cc(C(F)(F)F)on4)nc3-c3ccccc3Cl)c(Cl)c2)c1.CS(=O)(=O)c1cccc(B(O)O)c1.FC(F)(F)c1cc(-c2cn(-c3ccc(Br)cc3Cl)c(-c3ccccc3Cl)n2)no1. The van der Waals surface area contributed by atoms with Crippen molar-refractivity contribution in [3.05, 3.63) is 194 Å². The first-order valence-electron chi connectivity index (χ1n) is 22.6. The molecule has 0 amide bonds. The molecule has 2 N–H and O–H groups in total. The van der Waals surface area contributed by atoms with E-state index in [9.17, 15) is 43.2 Å². The monoisotopic (exact) mass is 1290 g/mol. The van der Waals surface area contributed by atoms with E-state index in [2.05, 4.69) is 45.3 Å². The van der Waals surface area contributed by atoms with Crippen molar-refractivity contribution in [2.75, 3.05) is 12.5 Å². The van der Waals surface area contributed by atoms with Crippen molar-refractivity contribution in [2.45, 2.75) is 29.6 Å². The summed E-state index contributed by atoms with van der Waals surface area (Å²) in [5.41, 5.74) is 3.72. The van der Waals surface area contributed by atoms with Crippen molar-refractivity contribution in [1.29, 1.82) is 0 Å². The number of imidazole rings is 2. The Morgan fingerprint density at radius 1 is 0.519 bits per heavy atom. The molecule has 0 unspecified atom stereocenters. The maximum atomic E-state index is 13.1. The fourth-order valence-corrected chi connectivity index (χ4v) is 10.3. The lowest BCUT2D eigenvalue weighted by atomic mass is 9.80. The molecule has 6 aromatic carbocycles. The van der Waals surface area contributed by atoms with Crippen molar-refractivity contribution in [3.8, 4) is 68.1 Å². The van der Waals surface area contributed by atoms with Gasteiger partial charge in [-0.3, -0.25) is 9.13 Å². The van der Waals surface area contributed by atoms with Gasteiger partial charge in [-0.1, -0.05) is 135 Å². The molecule has 0 saturated heterocycles. The summed E-state index contributed by atoms with van der Waals surface area (Å²) in [6.45, 7) is 0. The van der Waals surface area contributed by atoms with E-state index >= 15 is 0 Å². The number of hydrogen-bond acceptors (Lipinski definition) is 12. The van der Waals surface area contributed by atoms with Crippen LogP contribution in [0.2, 0.25) is 20.1 Å². The molecular weight excluding hydrogens is 1260 g/mol. The summed E-state index contributed by atoms with van der Waals surface area (Å²) < 4.78 is 137. The van der Waals surface area contributed by atoms with Crippen molar-refractivity contribution in [1.82, 2.24) is 29.4 Å². The van der Waals surface area contributed by atoms with Crippen molar-refractivity contribution in [2.24, 2.45) is 0 Å². The van der Waals surface area contributed by atoms with Gasteiger partial charge < -0.3 is 19.1 Å². The van der Waals surface area contributed by atoms with Crippen LogP contribution in [-0.2, 0) is 32.0 Å². The quantitative estimate of drug-likeness (QED) is 0.0972. The minimum atomic E-state index is -4.70. The molecule has 0 atom stereocenters. The summed E-state index contributed by atoms with van der Waals surface area (Å²) >= 11 is 29.2. The third-order valence-electron chi connectivity index (χ3n) is 11.3. The third-order valence-corrected chi connectivity index (χ3v) is 15.3. The molecule has 14 nitrogen and oxygen atoms in total. The summed E-state index contributed by atoms with van der Waals surface area (Å²) in [6, 6.07) is 37.7. The van der Waals surface area contributed by atoms with Crippen LogP contribution in [0.15, 0.2) is 181 Å². The van der Waals surface area contributed by atoms with Gasteiger partial charge in [0.05, 0.1) is 41.3 Å². The molecule has 81 heavy (non-hydrogen) atoms. The van der Waals surface area contributed by atoms with Crippen molar-refractivity contribution < 1.29 is 62.3 Å². The second kappa shape index (κ2) is 24.8. The zero-order valence-corrected chi connectivity index (χ0v) is 46.8. The topological polar surface area (TPSA) is 196 Å². The molecule has 4 aromatic heterocycles. The maximum Gasteiger partial charge on any atom is 0.488 e. The Morgan fingerprint density at radius 2 is 0.951 bits per heavy atom. The number of sulfone groups is 2. The largest absolute Gasteiger partial charge is 0.488 e. The molecule has 10 aromatic rings. The predicted molar refractivity (Wildman–Crippen MR) is 301 cm³/mol. The van der Waals surface area contributed by atoms with Crippen LogP contribution in [0.1, 0.15) is 18.9 Å². The summed E-state index contributed by atoms with van der Waals surface area (Å²) in [5.74, 6) is -1.75. The average molecular weight is 1300 g/mol. The van der Waals surface area contributed by atoms with Crippen LogP contribution in [0.4, 0.5) is 26.3 Å². The Hall–Kier alpha value is -6.74. The van der Waals surface area contributed by atoms with Gasteiger partial charge in [0.1, 0.15) is 34.4 Å². The number of aromatic nitrogens is 6. The van der Waals surface area contributed by atoms with E-state index in [1.807, 2.05) is 0 Å².